The summed E-state index contributed by atoms with van der Waals surface area (Å²) < 4.78 is 7.49. The maximum absolute atomic E-state index is 8.62. The number of hydrogen-bond donors (Lipinski definition) is 2. The third-order valence-corrected chi connectivity index (χ3v) is 3.39. The van der Waals surface area contributed by atoms with E-state index in [4.69, 9.17) is 9.84 Å². The SMILES string of the molecule is CNC1CCCc2cn(CCOCCO)cc21. The van der Waals surface area contributed by atoms with E-state index in [1.165, 1.54) is 30.4 Å². The van der Waals surface area contributed by atoms with Crippen LogP contribution in [0.2, 0.25) is 0 Å². The van der Waals surface area contributed by atoms with Crippen molar-refractivity contribution in [2.24, 2.45) is 0 Å². The van der Waals surface area contributed by atoms with Crippen LogP contribution in [0.3, 0.4) is 0 Å². The fourth-order valence-corrected chi connectivity index (χ4v) is 2.51. The molecular weight excluding hydrogens is 216 g/mol. The van der Waals surface area contributed by atoms with Gasteiger partial charge in [-0.3, -0.25) is 0 Å². The van der Waals surface area contributed by atoms with Crippen molar-refractivity contribution in [1.82, 2.24) is 9.88 Å². The second-order valence-electron chi connectivity index (χ2n) is 4.55. The van der Waals surface area contributed by atoms with Gasteiger partial charge in [0, 0.05) is 25.0 Å². The summed E-state index contributed by atoms with van der Waals surface area (Å²) in [5, 5.41) is 12.0. The van der Waals surface area contributed by atoms with Gasteiger partial charge in [-0.05, 0) is 37.4 Å². The Morgan fingerprint density at radius 1 is 1.47 bits per heavy atom. The summed E-state index contributed by atoms with van der Waals surface area (Å²) in [7, 11) is 2.03. The largest absolute Gasteiger partial charge is 0.394 e. The lowest BCUT2D eigenvalue weighted by molar-refractivity contribution is 0.0870. The van der Waals surface area contributed by atoms with E-state index < -0.39 is 0 Å². The Balaban J connectivity index is 1.94. The molecule has 96 valence electrons. The highest BCUT2D eigenvalue weighted by Crippen LogP contribution is 2.29. The highest BCUT2D eigenvalue weighted by atomic mass is 16.5. The number of hydrogen-bond acceptors (Lipinski definition) is 3. The molecule has 4 nitrogen and oxygen atoms in total. The monoisotopic (exact) mass is 238 g/mol. The maximum Gasteiger partial charge on any atom is 0.0698 e. The van der Waals surface area contributed by atoms with Crippen LogP contribution in [0, 0.1) is 0 Å². The number of aliphatic hydroxyl groups excluding tert-OH is 1. The summed E-state index contributed by atoms with van der Waals surface area (Å²) >= 11 is 0. The molecular formula is C13H22N2O2. The zero-order valence-electron chi connectivity index (χ0n) is 10.5. The molecule has 1 aliphatic carbocycles. The van der Waals surface area contributed by atoms with Crippen LogP contribution in [0.5, 0.6) is 0 Å². The highest BCUT2D eigenvalue weighted by Gasteiger charge is 2.20. The van der Waals surface area contributed by atoms with E-state index >= 15 is 0 Å². The molecule has 2 rings (SSSR count). The molecule has 17 heavy (non-hydrogen) atoms. The number of rotatable bonds is 6. The van der Waals surface area contributed by atoms with Crippen LogP contribution in [0.25, 0.3) is 0 Å². The predicted molar refractivity (Wildman–Crippen MR) is 67.1 cm³/mol. The molecule has 1 aromatic heterocycles. The molecule has 0 aromatic carbocycles. The van der Waals surface area contributed by atoms with Crippen molar-refractivity contribution in [3.63, 3.8) is 0 Å². The van der Waals surface area contributed by atoms with Crippen LogP contribution in [0.15, 0.2) is 12.4 Å². The van der Waals surface area contributed by atoms with Crippen molar-refractivity contribution in [2.75, 3.05) is 26.9 Å². The van der Waals surface area contributed by atoms with Crippen molar-refractivity contribution < 1.29 is 9.84 Å². The number of nitrogens with one attached hydrogen (secondary N) is 1. The van der Waals surface area contributed by atoms with Gasteiger partial charge in [0.2, 0.25) is 0 Å². The quantitative estimate of drug-likeness (QED) is 0.729. The van der Waals surface area contributed by atoms with Gasteiger partial charge in [-0.25, -0.2) is 0 Å². The van der Waals surface area contributed by atoms with E-state index in [-0.39, 0.29) is 6.61 Å². The fourth-order valence-electron chi connectivity index (χ4n) is 2.51. The summed E-state index contributed by atoms with van der Waals surface area (Å²) in [4.78, 5) is 0. The number of aryl methyl sites for hydroxylation is 1. The lowest BCUT2D eigenvalue weighted by Gasteiger charge is -2.21. The summed E-state index contributed by atoms with van der Waals surface area (Å²) in [6.07, 6.45) is 8.16. The van der Waals surface area contributed by atoms with E-state index in [0.29, 0.717) is 19.3 Å². The zero-order valence-corrected chi connectivity index (χ0v) is 10.5. The summed E-state index contributed by atoms with van der Waals surface area (Å²) in [5.41, 5.74) is 2.92. The van der Waals surface area contributed by atoms with Crippen molar-refractivity contribution in [3.05, 3.63) is 23.5 Å². The molecule has 0 saturated heterocycles. The minimum absolute atomic E-state index is 0.101. The van der Waals surface area contributed by atoms with Gasteiger partial charge in [-0.1, -0.05) is 0 Å². The number of aromatic nitrogens is 1. The molecule has 2 N–H and O–H groups in total. The second-order valence-corrected chi connectivity index (χ2v) is 4.55. The number of fused-ring (bicyclic) bond motifs is 1. The van der Waals surface area contributed by atoms with Gasteiger partial charge in [-0.15, -0.1) is 0 Å². The van der Waals surface area contributed by atoms with Crippen LogP contribution in [-0.2, 0) is 17.7 Å². The van der Waals surface area contributed by atoms with E-state index in [0.717, 1.165) is 6.54 Å². The first-order valence-corrected chi connectivity index (χ1v) is 6.39. The fraction of sp³-hybridized carbons (Fsp3) is 0.692. The Bertz CT molecular complexity index is 349. The molecule has 0 radical (unpaired) electrons. The predicted octanol–water partition coefficient (Wildman–Crippen LogP) is 1.09. The van der Waals surface area contributed by atoms with E-state index in [9.17, 15) is 0 Å². The highest BCUT2D eigenvalue weighted by molar-refractivity contribution is 5.30. The maximum atomic E-state index is 8.62. The van der Waals surface area contributed by atoms with Gasteiger partial charge in [0.15, 0.2) is 0 Å². The molecule has 1 unspecified atom stereocenters. The molecule has 0 amide bonds. The van der Waals surface area contributed by atoms with Crippen molar-refractivity contribution in [3.8, 4) is 0 Å². The van der Waals surface area contributed by atoms with Crippen LogP contribution in [0.1, 0.15) is 30.0 Å². The van der Waals surface area contributed by atoms with Gasteiger partial charge in [0.05, 0.1) is 19.8 Å². The normalized spacial score (nSPS) is 19.3. The lowest BCUT2D eigenvalue weighted by Crippen LogP contribution is -2.20. The standard InChI is InChI=1S/C13H22N2O2/c1-14-13-4-2-3-11-9-15(10-12(11)13)5-7-17-8-6-16/h9-10,13-14,16H,2-8H2,1H3. The zero-order chi connectivity index (χ0) is 12.1. The molecule has 0 aliphatic heterocycles. The number of nitrogens with zero attached hydrogens (tertiary/aromatic N) is 1. The van der Waals surface area contributed by atoms with Gasteiger partial charge < -0.3 is 19.7 Å². The van der Waals surface area contributed by atoms with Crippen LogP contribution < -0.4 is 5.32 Å². The topological polar surface area (TPSA) is 46.4 Å². The minimum atomic E-state index is 0.101. The molecule has 1 heterocycles. The average Bonchev–Trinajstić information content (AvgIpc) is 2.77. The minimum Gasteiger partial charge on any atom is -0.394 e. The molecule has 1 aromatic rings. The summed E-state index contributed by atoms with van der Waals surface area (Å²) in [5.74, 6) is 0. The van der Waals surface area contributed by atoms with Gasteiger partial charge >= 0.3 is 0 Å². The molecule has 4 heteroatoms. The molecule has 0 spiro atoms. The lowest BCUT2D eigenvalue weighted by atomic mass is 9.91. The number of aliphatic hydroxyl groups is 1. The van der Waals surface area contributed by atoms with Gasteiger partial charge in [0.1, 0.15) is 0 Å². The first-order valence-electron chi connectivity index (χ1n) is 6.39. The van der Waals surface area contributed by atoms with Crippen LogP contribution in [-0.4, -0.2) is 36.5 Å². The second kappa shape index (κ2) is 6.19. The van der Waals surface area contributed by atoms with Crippen molar-refractivity contribution in [2.45, 2.75) is 31.8 Å². The van der Waals surface area contributed by atoms with Crippen LogP contribution in [0.4, 0.5) is 0 Å². The summed E-state index contributed by atoms with van der Waals surface area (Å²) in [6.45, 7) is 2.06. The Labute approximate surface area is 103 Å². The third kappa shape index (κ3) is 3.09. The molecule has 1 atom stereocenters. The van der Waals surface area contributed by atoms with Crippen molar-refractivity contribution in [1.29, 1.82) is 0 Å². The third-order valence-electron chi connectivity index (χ3n) is 3.39. The van der Waals surface area contributed by atoms with Gasteiger partial charge in [-0.2, -0.15) is 0 Å². The Morgan fingerprint density at radius 3 is 3.12 bits per heavy atom. The average molecular weight is 238 g/mol. The Hall–Kier alpha value is -0.840. The first kappa shape index (κ1) is 12.6. The van der Waals surface area contributed by atoms with Crippen molar-refractivity contribution >= 4 is 0 Å². The van der Waals surface area contributed by atoms with E-state index in [1.54, 1.807) is 0 Å². The van der Waals surface area contributed by atoms with E-state index in [2.05, 4.69) is 22.3 Å². The molecule has 0 saturated carbocycles. The Morgan fingerprint density at radius 2 is 2.35 bits per heavy atom. The van der Waals surface area contributed by atoms with Gasteiger partial charge in [0.25, 0.3) is 0 Å². The molecule has 0 fully saturated rings. The van der Waals surface area contributed by atoms with Crippen LogP contribution >= 0.6 is 0 Å². The molecule has 1 aliphatic rings. The summed E-state index contributed by atoms with van der Waals surface area (Å²) in [6, 6.07) is 0.512. The smallest absolute Gasteiger partial charge is 0.0698 e. The molecule has 0 bridgehead atoms. The Kier molecular flexibility index (Phi) is 4.59. The first-order chi connectivity index (χ1) is 8.35. The number of ether oxygens (including phenoxy) is 1. The van der Waals surface area contributed by atoms with E-state index in [1.807, 2.05) is 7.05 Å².